The van der Waals surface area contributed by atoms with E-state index in [9.17, 15) is 4.79 Å². The zero-order valence-corrected chi connectivity index (χ0v) is 12.0. The summed E-state index contributed by atoms with van der Waals surface area (Å²) in [5, 5.41) is 14.6. The molecule has 3 nitrogen and oxygen atoms in total. The Morgan fingerprint density at radius 2 is 2.05 bits per heavy atom. The molecule has 1 heterocycles. The molecule has 19 heavy (non-hydrogen) atoms. The van der Waals surface area contributed by atoms with E-state index in [1.807, 2.05) is 13.0 Å². The van der Waals surface area contributed by atoms with Crippen molar-refractivity contribution in [2.75, 3.05) is 5.32 Å². The maximum absolute atomic E-state index is 11.1. The maximum Gasteiger partial charge on any atom is 0.336 e. The van der Waals surface area contributed by atoms with E-state index in [1.54, 1.807) is 23.5 Å². The summed E-state index contributed by atoms with van der Waals surface area (Å²) in [5.41, 5.74) is 3.26. The number of hydrogen-bond donors (Lipinski definition) is 2. The molecule has 4 heteroatoms. The summed E-state index contributed by atoms with van der Waals surface area (Å²) in [6, 6.07) is 7.58. The van der Waals surface area contributed by atoms with Crippen LogP contribution in [0.5, 0.6) is 0 Å². The molecule has 2 rings (SSSR count). The lowest BCUT2D eigenvalue weighted by Gasteiger charge is -2.17. The molecule has 2 aromatic rings. The van der Waals surface area contributed by atoms with Crippen LogP contribution in [0.1, 0.15) is 39.3 Å². The third kappa shape index (κ3) is 2.79. The lowest BCUT2D eigenvalue weighted by atomic mass is 10.1. The second-order valence-corrected chi connectivity index (χ2v) is 5.56. The number of anilines is 1. The van der Waals surface area contributed by atoms with Gasteiger partial charge in [0.2, 0.25) is 0 Å². The van der Waals surface area contributed by atoms with Gasteiger partial charge < -0.3 is 10.4 Å². The zero-order chi connectivity index (χ0) is 14.0. The Hall–Kier alpha value is -1.81. The van der Waals surface area contributed by atoms with Gasteiger partial charge in [-0.05, 0) is 55.5 Å². The lowest BCUT2D eigenvalue weighted by Crippen LogP contribution is -2.09. The summed E-state index contributed by atoms with van der Waals surface area (Å²) in [7, 11) is 0. The third-order valence-corrected chi connectivity index (χ3v) is 4.43. The smallest absolute Gasteiger partial charge is 0.336 e. The van der Waals surface area contributed by atoms with Crippen LogP contribution >= 0.6 is 11.3 Å². The molecule has 0 fully saturated rings. The molecule has 1 aromatic carbocycles. The first-order valence-corrected chi connectivity index (χ1v) is 7.02. The third-order valence-electron chi connectivity index (χ3n) is 3.23. The van der Waals surface area contributed by atoms with E-state index < -0.39 is 5.97 Å². The van der Waals surface area contributed by atoms with E-state index in [4.69, 9.17) is 5.11 Å². The molecule has 1 aromatic heterocycles. The minimum Gasteiger partial charge on any atom is -0.478 e. The van der Waals surface area contributed by atoms with E-state index in [-0.39, 0.29) is 6.04 Å². The average molecular weight is 275 g/mol. The van der Waals surface area contributed by atoms with Crippen LogP contribution in [0.2, 0.25) is 0 Å². The number of rotatable bonds is 4. The lowest BCUT2D eigenvalue weighted by molar-refractivity contribution is 0.0696. The van der Waals surface area contributed by atoms with Crippen LogP contribution in [0.3, 0.4) is 0 Å². The van der Waals surface area contributed by atoms with Gasteiger partial charge in [-0.15, -0.1) is 11.3 Å². The summed E-state index contributed by atoms with van der Waals surface area (Å²) in [6.07, 6.45) is 0. The predicted molar refractivity (Wildman–Crippen MR) is 79.2 cm³/mol. The minimum atomic E-state index is -0.888. The van der Waals surface area contributed by atoms with Crippen LogP contribution < -0.4 is 5.32 Å². The second kappa shape index (κ2) is 5.45. The predicted octanol–water partition coefficient (Wildman–Crippen LogP) is 4.24. The van der Waals surface area contributed by atoms with Crippen molar-refractivity contribution in [2.24, 2.45) is 0 Å². The van der Waals surface area contributed by atoms with Gasteiger partial charge in [-0.3, -0.25) is 0 Å². The Labute approximate surface area is 116 Å². The number of nitrogens with one attached hydrogen (secondary N) is 1. The fourth-order valence-corrected chi connectivity index (χ4v) is 3.09. The molecule has 2 N–H and O–H groups in total. The van der Waals surface area contributed by atoms with Crippen molar-refractivity contribution in [3.05, 3.63) is 51.2 Å². The maximum atomic E-state index is 11.1. The van der Waals surface area contributed by atoms with E-state index in [0.29, 0.717) is 5.56 Å². The molecule has 0 bridgehead atoms. The number of benzene rings is 1. The normalized spacial score (nSPS) is 12.2. The van der Waals surface area contributed by atoms with Crippen molar-refractivity contribution in [2.45, 2.75) is 26.8 Å². The Kier molecular flexibility index (Phi) is 3.90. The van der Waals surface area contributed by atoms with Crippen LogP contribution in [0.15, 0.2) is 29.6 Å². The molecule has 1 atom stereocenters. The molecule has 1 unspecified atom stereocenters. The largest absolute Gasteiger partial charge is 0.478 e. The Morgan fingerprint density at radius 3 is 2.63 bits per heavy atom. The molecule has 0 saturated carbocycles. The topological polar surface area (TPSA) is 49.3 Å². The van der Waals surface area contributed by atoms with Gasteiger partial charge in [0.25, 0.3) is 0 Å². The molecule has 0 amide bonds. The Bertz CT molecular complexity index is 604. The highest BCUT2D eigenvalue weighted by Crippen LogP contribution is 2.29. The fraction of sp³-hybridized carbons (Fsp3) is 0.267. The summed E-state index contributed by atoms with van der Waals surface area (Å²) in [6.45, 7) is 6.01. The first kappa shape index (κ1) is 13.6. The van der Waals surface area contributed by atoms with E-state index in [0.717, 1.165) is 11.3 Å². The highest BCUT2D eigenvalue weighted by Gasteiger charge is 2.14. The van der Waals surface area contributed by atoms with Gasteiger partial charge in [0.05, 0.1) is 11.6 Å². The number of hydrogen-bond acceptors (Lipinski definition) is 3. The first-order valence-electron chi connectivity index (χ1n) is 6.14. The molecule has 0 spiro atoms. The zero-order valence-electron chi connectivity index (χ0n) is 11.2. The first-order chi connectivity index (χ1) is 9.00. The van der Waals surface area contributed by atoms with E-state index in [1.165, 1.54) is 10.4 Å². The van der Waals surface area contributed by atoms with Crippen LogP contribution in [-0.4, -0.2) is 11.1 Å². The number of thiophene rings is 1. The van der Waals surface area contributed by atoms with Crippen molar-refractivity contribution < 1.29 is 9.90 Å². The second-order valence-electron chi connectivity index (χ2n) is 4.62. The number of carbonyl (C=O) groups is 1. The number of carboxylic acid groups (broad SMARTS) is 1. The molecular weight excluding hydrogens is 258 g/mol. The number of aromatic carboxylic acids is 1. The quantitative estimate of drug-likeness (QED) is 0.877. The molecule has 0 aliphatic rings. The fourth-order valence-electron chi connectivity index (χ4n) is 2.15. The molecule has 100 valence electrons. The van der Waals surface area contributed by atoms with Crippen molar-refractivity contribution in [3.63, 3.8) is 0 Å². The van der Waals surface area contributed by atoms with Crippen molar-refractivity contribution >= 4 is 23.0 Å². The summed E-state index contributed by atoms with van der Waals surface area (Å²) >= 11 is 1.71. The highest BCUT2D eigenvalue weighted by molar-refractivity contribution is 7.10. The van der Waals surface area contributed by atoms with Crippen LogP contribution in [0.25, 0.3) is 0 Å². The summed E-state index contributed by atoms with van der Waals surface area (Å²) < 4.78 is 0. The van der Waals surface area contributed by atoms with Gasteiger partial charge in [-0.2, -0.15) is 0 Å². The summed E-state index contributed by atoms with van der Waals surface area (Å²) in [4.78, 5) is 12.4. The standard InChI is InChI=1S/C15H17NO2S/c1-9-7-8-19-14(9)11(3)16-13-6-4-5-12(10(13)2)15(17)18/h4-8,11,16H,1-3H3,(H,17,18). The highest BCUT2D eigenvalue weighted by atomic mass is 32.1. The van der Waals surface area contributed by atoms with Gasteiger partial charge in [0, 0.05) is 10.6 Å². The Balaban J connectivity index is 2.27. The monoisotopic (exact) mass is 275 g/mol. The van der Waals surface area contributed by atoms with Crippen molar-refractivity contribution in [1.82, 2.24) is 0 Å². The van der Waals surface area contributed by atoms with Crippen LogP contribution in [0.4, 0.5) is 5.69 Å². The minimum absolute atomic E-state index is 0.169. The molecule has 0 radical (unpaired) electrons. The SMILES string of the molecule is Cc1ccsc1C(C)Nc1cccc(C(=O)O)c1C. The van der Waals surface area contributed by atoms with E-state index >= 15 is 0 Å². The van der Waals surface area contributed by atoms with Crippen LogP contribution in [-0.2, 0) is 0 Å². The average Bonchev–Trinajstić information content (AvgIpc) is 2.77. The van der Waals surface area contributed by atoms with Gasteiger partial charge in [0.1, 0.15) is 0 Å². The van der Waals surface area contributed by atoms with Gasteiger partial charge >= 0.3 is 5.97 Å². The van der Waals surface area contributed by atoms with E-state index in [2.05, 4.69) is 30.6 Å². The van der Waals surface area contributed by atoms with Gasteiger partial charge in [-0.1, -0.05) is 6.07 Å². The van der Waals surface area contributed by atoms with Crippen molar-refractivity contribution in [1.29, 1.82) is 0 Å². The molecule has 0 aliphatic carbocycles. The van der Waals surface area contributed by atoms with Crippen LogP contribution in [0, 0.1) is 13.8 Å². The molecule has 0 saturated heterocycles. The molecular formula is C15H17NO2S. The van der Waals surface area contributed by atoms with Crippen molar-refractivity contribution in [3.8, 4) is 0 Å². The number of carboxylic acids is 1. The summed E-state index contributed by atoms with van der Waals surface area (Å²) in [5.74, 6) is -0.888. The molecule has 0 aliphatic heterocycles. The van der Waals surface area contributed by atoms with Gasteiger partial charge in [0.15, 0.2) is 0 Å². The van der Waals surface area contributed by atoms with Gasteiger partial charge in [-0.25, -0.2) is 4.79 Å². The number of aryl methyl sites for hydroxylation is 1. The Morgan fingerprint density at radius 1 is 1.32 bits per heavy atom.